The van der Waals surface area contributed by atoms with Crippen molar-refractivity contribution in [1.82, 2.24) is 34.0 Å². The van der Waals surface area contributed by atoms with Crippen LogP contribution in [0.2, 0.25) is 0 Å². The SMILES string of the molecule is Cc1ncnc(C(=O)N2CC[C@]3(c4c(n(CC(=O)Nc5ccc(C6CC6)cc5)c5nc(Br)nn5c4=O)[C@H]4C#C[C@H]43)[C@@H]3CC[C@@H]32)c1O. The fourth-order valence-corrected chi connectivity index (χ4v) is 8.76. The molecule has 1 spiro atoms. The van der Waals surface area contributed by atoms with E-state index in [1.807, 2.05) is 16.7 Å². The molecule has 4 heterocycles. The van der Waals surface area contributed by atoms with Crippen molar-refractivity contribution in [3.63, 3.8) is 0 Å². The van der Waals surface area contributed by atoms with Gasteiger partial charge in [0.1, 0.15) is 12.9 Å². The van der Waals surface area contributed by atoms with Gasteiger partial charge in [0, 0.05) is 40.9 Å². The largest absolute Gasteiger partial charge is 0.504 e. The third-order valence-electron chi connectivity index (χ3n) is 10.9. The molecule has 4 aliphatic carbocycles. The summed E-state index contributed by atoms with van der Waals surface area (Å²) in [6, 6.07) is 7.85. The van der Waals surface area contributed by atoms with Gasteiger partial charge in [-0.25, -0.2) is 9.97 Å². The second-order valence-corrected chi connectivity index (χ2v) is 13.8. The van der Waals surface area contributed by atoms with E-state index in [1.165, 1.54) is 29.2 Å². The number of aryl methyl sites for hydroxylation is 1. The molecule has 2 saturated carbocycles. The quantitative estimate of drug-likeness (QED) is 0.305. The Balaban J connectivity index is 1.10. The van der Waals surface area contributed by atoms with Gasteiger partial charge in [0.2, 0.25) is 16.4 Å². The van der Waals surface area contributed by atoms with E-state index in [0.717, 1.165) is 18.5 Å². The third kappa shape index (κ3) is 3.76. The van der Waals surface area contributed by atoms with Crippen molar-refractivity contribution in [2.24, 2.45) is 11.8 Å². The first-order valence-corrected chi connectivity index (χ1v) is 16.5. The number of benzene rings is 1. The van der Waals surface area contributed by atoms with Gasteiger partial charge in [-0.2, -0.15) is 9.50 Å². The molecule has 0 unspecified atom stereocenters. The number of nitrogens with zero attached hydrogens (tertiary/aromatic N) is 7. The van der Waals surface area contributed by atoms with Gasteiger partial charge in [0.25, 0.3) is 11.5 Å². The molecular weight excluding hydrogens is 652 g/mol. The molecule has 1 aliphatic heterocycles. The number of fused-ring (bicyclic) bond motifs is 8. The molecule has 5 aliphatic rings. The van der Waals surface area contributed by atoms with E-state index in [1.54, 1.807) is 11.8 Å². The minimum Gasteiger partial charge on any atom is -0.504 e. The Morgan fingerprint density at radius 3 is 2.63 bits per heavy atom. The van der Waals surface area contributed by atoms with Crippen LogP contribution in [0.5, 0.6) is 5.75 Å². The summed E-state index contributed by atoms with van der Waals surface area (Å²) >= 11 is 3.34. The van der Waals surface area contributed by atoms with Gasteiger partial charge in [-0.05, 0) is 84.5 Å². The maximum Gasteiger partial charge on any atom is 0.279 e. The van der Waals surface area contributed by atoms with Crippen molar-refractivity contribution in [3.8, 4) is 17.6 Å². The lowest BCUT2D eigenvalue weighted by Gasteiger charge is -2.59. The van der Waals surface area contributed by atoms with Crippen molar-refractivity contribution >= 4 is 39.2 Å². The number of amides is 2. The lowest BCUT2D eigenvalue weighted by molar-refractivity contribution is -0.116. The average Bonchev–Trinajstić information content (AvgIpc) is 3.73. The van der Waals surface area contributed by atoms with E-state index in [9.17, 15) is 19.5 Å². The van der Waals surface area contributed by atoms with Crippen LogP contribution >= 0.6 is 15.9 Å². The van der Waals surface area contributed by atoms with Crippen LogP contribution in [-0.4, -0.2) is 63.5 Å². The van der Waals surface area contributed by atoms with E-state index in [2.05, 4.69) is 65.3 Å². The van der Waals surface area contributed by atoms with Crippen molar-refractivity contribution in [1.29, 1.82) is 0 Å². The van der Waals surface area contributed by atoms with E-state index in [4.69, 9.17) is 0 Å². The molecule has 9 rings (SSSR count). The predicted molar refractivity (Wildman–Crippen MR) is 168 cm³/mol. The zero-order valence-electron chi connectivity index (χ0n) is 24.9. The number of hydrogen-bond donors (Lipinski definition) is 2. The van der Waals surface area contributed by atoms with E-state index in [-0.39, 0.29) is 69.7 Å². The van der Waals surface area contributed by atoms with Crippen molar-refractivity contribution < 1.29 is 14.7 Å². The number of nitrogens with one attached hydrogen (secondary N) is 1. The standard InChI is InChI=1S/C33H29BrN8O4/c1-16-28(44)26(36-15-35-16)30(46)40-13-12-33(22-10-11-23(22)40)21-9-8-20(21)27-25(33)29(45)42-32(38-31(34)39-42)41(27)14-24(43)37-19-6-4-18(5-7-19)17-2-3-17/h4-7,15,17,20-23,44H,2-3,10-14H2,1H3,(H,37,43)/t20-,21+,22+,23-,33+/m0/s1. The highest BCUT2D eigenvalue weighted by Gasteiger charge is 2.66. The summed E-state index contributed by atoms with van der Waals surface area (Å²) in [5.74, 6) is 6.46. The number of aromatic hydroxyl groups is 1. The van der Waals surface area contributed by atoms with Crippen molar-refractivity contribution in [3.05, 3.63) is 73.9 Å². The van der Waals surface area contributed by atoms with Crippen LogP contribution in [0.1, 0.15) is 76.9 Å². The lowest BCUT2D eigenvalue weighted by Crippen LogP contribution is -2.65. The number of piperidine rings is 1. The molecule has 3 aromatic heterocycles. The van der Waals surface area contributed by atoms with Gasteiger partial charge in [-0.15, -0.1) is 5.10 Å². The van der Waals surface area contributed by atoms with Gasteiger partial charge >= 0.3 is 0 Å². The van der Waals surface area contributed by atoms with Crippen LogP contribution < -0.4 is 10.9 Å². The molecule has 4 aromatic rings. The zero-order valence-corrected chi connectivity index (χ0v) is 26.5. The van der Waals surface area contributed by atoms with E-state index in [0.29, 0.717) is 35.8 Å². The fourth-order valence-electron chi connectivity index (χ4n) is 8.44. The molecule has 1 aromatic carbocycles. The number of rotatable bonds is 5. The molecule has 0 radical (unpaired) electrons. The van der Waals surface area contributed by atoms with Crippen LogP contribution in [0.15, 0.2) is 40.1 Å². The number of halogens is 1. The maximum atomic E-state index is 14.4. The highest BCUT2D eigenvalue weighted by molar-refractivity contribution is 9.10. The molecule has 13 heteroatoms. The van der Waals surface area contributed by atoms with Crippen LogP contribution in [0, 0.1) is 30.6 Å². The minimum absolute atomic E-state index is 0.00745. The maximum absolute atomic E-state index is 14.4. The number of hydrogen-bond acceptors (Lipinski definition) is 8. The molecule has 12 nitrogen and oxygen atoms in total. The van der Waals surface area contributed by atoms with Gasteiger partial charge in [-0.1, -0.05) is 24.0 Å². The number of carbonyl (C=O) groups is 2. The first-order chi connectivity index (χ1) is 22.3. The summed E-state index contributed by atoms with van der Waals surface area (Å²) in [5.41, 5.74) is 2.82. The third-order valence-corrected chi connectivity index (χ3v) is 11.2. The Bertz CT molecular complexity index is 2130. The minimum atomic E-state index is -0.602. The topological polar surface area (TPSA) is 148 Å². The summed E-state index contributed by atoms with van der Waals surface area (Å²) in [4.78, 5) is 56.1. The summed E-state index contributed by atoms with van der Waals surface area (Å²) in [5, 5.41) is 18.0. The number of carbonyl (C=O) groups excluding carboxylic acids is 2. The van der Waals surface area contributed by atoms with E-state index < -0.39 is 5.41 Å². The van der Waals surface area contributed by atoms with Crippen LogP contribution in [0.4, 0.5) is 5.69 Å². The monoisotopic (exact) mass is 680 g/mol. The smallest absolute Gasteiger partial charge is 0.279 e. The molecule has 3 fully saturated rings. The molecule has 1 saturated heterocycles. The first kappa shape index (κ1) is 27.7. The number of anilines is 1. The summed E-state index contributed by atoms with van der Waals surface area (Å²) < 4.78 is 3.36. The Morgan fingerprint density at radius 1 is 1.13 bits per heavy atom. The predicted octanol–water partition coefficient (Wildman–Crippen LogP) is 3.27. The molecule has 2 amide bonds. The molecule has 0 bridgehead atoms. The molecule has 2 N–H and O–H groups in total. The molecule has 46 heavy (non-hydrogen) atoms. The molecular formula is C33H29BrN8O4. The Kier molecular flexibility index (Phi) is 5.85. The Hall–Kier alpha value is -4.57. The van der Waals surface area contributed by atoms with Crippen LogP contribution in [-0.2, 0) is 16.8 Å². The second-order valence-electron chi connectivity index (χ2n) is 13.1. The number of aromatic nitrogens is 6. The van der Waals surface area contributed by atoms with Crippen molar-refractivity contribution in [2.75, 3.05) is 11.9 Å². The van der Waals surface area contributed by atoms with Crippen molar-refractivity contribution in [2.45, 2.75) is 68.9 Å². The number of likely N-dealkylation sites (tertiary alicyclic amines) is 1. The van der Waals surface area contributed by atoms with E-state index >= 15 is 0 Å². The lowest BCUT2D eigenvalue weighted by atomic mass is 9.51. The summed E-state index contributed by atoms with van der Waals surface area (Å²) in [6.07, 6.45) is 5.82. The van der Waals surface area contributed by atoms with Gasteiger partial charge in [0.05, 0.1) is 11.6 Å². The molecule has 5 atom stereocenters. The van der Waals surface area contributed by atoms with Gasteiger partial charge < -0.3 is 19.9 Å². The average molecular weight is 682 g/mol. The van der Waals surface area contributed by atoms with Crippen LogP contribution in [0.3, 0.4) is 0 Å². The normalized spacial score (nSPS) is 26.8. The van der Waals surface area contributed by atoms with Crippen LogP contribution in [0.25, 0.3) is 5.78 Å². The highest BCUT2D eigenvalue weighted by Crippen LogP contribution is 2.64. The summed E-state index contributed by atoms with van der Waals surface area (Å²) in [7, 11) is 0. The summed E-state index contributed by atoms with van der Waals surface area (Å²) in [6.45, 7) is 1.95. The van der Waals surface area contributed by atoms with Gasteiger partial charge in [-0.3, -0.25) is 14.4 Å². The highest BCUT2D eigenvalue weighted by atomic mass is 79.9. The Morgan fingerprint density at radius 2 is 1.93 bits per heavy atom. The zero-order chi connectivity index (χ0) is 31.5. The first-order valence-electron chi connectivity index (χ1n) is 15.7. The molecule has 232 valence electrons. The Labute approximate surface area is 271 Å². The fraction of sp³-hybridized carbons (Fsp3) is 0.424. The second kappa shape index (κ2) is 9.72. The van der Waals surface area contributed by atoms with Gasteiger partial charge in [0.15, 0.2) is 11.4 Å².